The Morgan fingerprint density at radius 3 is 2.46 bits per heavy atom. The topological polar surface area (TPSA) is 70.7 Å². The van der Waals surface area contributed by atoms with E-state index >= 15 is 0 Å². The second kappa shape index (κ2) is 8.52. The number of hydrogen-bond acceptors (Lipinski definition) is 3. The summed E-state index contributed by atoms with van der Waals surface area (Å²) in [6.45, 7) is 2.36. The van der Waals surface area contributed by atoms with Crippen LogP contribution >= 0.6 is 0 Å². The van der Waals surface area contributed by atoms with Gasteiger partial charge in [0.1, 0.15) is 0 Å². The van der Waals surface area contributed by atoms with Crippen LogP contribution in [0.4, 0.5) is 10.5 Å². The van der Waals surface area contributed by atoms with E-state index in [-0.39, 0.29) is 23.6 Å². The number of benzene rings is 1. The maximum Gasteiger partial charge on any atom is 0.319 e. The van der Waals surface area contributed by atoms with Crippen molar-refractivity contribution in [2.75, 3.05) is 25.0 Å². The molecule has 3 fully saturated rings. The van der Waals surface area contributed by atoms with Crippen LogP contribution < -0.4 is 10.6 Å². The molecule has 1 aromatic carbocycles. The van der Waals surface area contributed by atoms with Crippen molar-refractivity contribution in [2.45, 2.75) is 69.4 Å². The lowest BCUT2D eigenvalue weighted by Gasteiger charge is -2.32. The van der Waals surface area contributed by atoms with Gasteiger partial charge in [-0.15, -0.1) is 0 Å². The van der Waals surface area contributed by atoms with Crippen molar-refractivity contribution in [1.29, 1.82) is 0 Å². The van der Waals surface area contributed by atoms with Gasteiger partial charge in [0.15, 0.2) is 0 Å². The van der Waals surface area contributed by atoms with Gasteiger partial charge in [0.25, 0.3) is 0 Å². The fourth-order valence-electron chi connectivity index (χ4n) is 4.79. The van der Waals surface area contributed by atoms with Crippen molar-refractivity contribution in [3.63, 3.8) is 0 Å². The summed E-state index contributed by atoms with van der Waals surface area (Å²) in [6, 6.07) is 7.44. The van der Waals surface area contributed by atoms with E-state index in [2.05, 4.69) is 10.6 Å². The molecule has 1 spiro atoms. The lowest BCUT2D eigenvalue weighted by atomic mass is 9.82. The molecular formula is C22H31N3O3. The van der Waals surface area contributed by atoms with Crippen molar-refractivity contribution in [1.82, 2.24) is 10.2 Å². The lowest BCUT2D eigenvalue weighted by Crippen LogP contribution is -2.39. The molecule has 0 aromatic heterocycles. The fraction of sp³-hybridized carbons (Fsp3) is 0.636. The molecule has 4 rings (SSSR count). The number of ether oxygens (including phenoxy) is 1. The standard InChI is InChI=1S/C22H31N3O3/c26-20(25-12-4-5-13-25)14-17-6-8-18(9-7-17)23-21(27)24-19-15-22(28-16-19)10-2-1-3-11-22/h6-9,19H,1-5,10-16H2,(H2,23,24,27). The molecule has 2 saturated heterocycles. The van der Waals surface area contributed by atoms with Gasteiger partial charge in [0.05, 0.1) is 24.7 Å². The van der Waals surface area contributed by atoms with Gasteiger partial charge in [-0.05, 0) is 49.8 Å². The van der Waals surface area contributed by atoms with Crippen LogP contribution in [0.1, 0.15) is 56.9 Å². The van der Waals surface area contributed by atoms with Crippen LogP contribution in [-0.2, 0) is 16.0 Å². The molecule has 0 bridgehead atoms. The van der Waals surface area contributed by atoms with Crippen LogP contribution in [0.2, 0.25) is 0 Å². The van der Waals surface area contributed by atoms with Gasteiger partial charge in [-0.1, -0.05) is 31.4 Å². The van der Waals surface area contributed by atoms with E-state index in [1.54, 1.807) is 0 Å². The molecule has 1 saturated carbocycles. The maximum atomic E-state index is 12.3. The van der Waals surface area contributed by atoms with Gasteiger partial charge in [-0.3, -0.25) is 4.79 Å². The molecule has 6 heteroatoms. The number of rotatable bonds is 4. The van der Waals surface area contributed by atoms with E-state index in [1.807, 2.05) is 29.2 Å². The second-order valence-corrected chi connectivity index (χ2v) is 8.52. The Hall–Kier alpha value is -2.08. The van der Waals surface area contributed by atoms with E-state index in [0.717, 1.165) is 56.4 Å². The molecule has 152 valence electrons. The third-order valence-electron chi connectivity index (χ3n) is 6.34. The first-order chi connectivity index (χ1) is 13.6. The second-order valence-electron chi connectivity index (χ2n) is 8.52. The summed E-state index contributed by atoms with van der Waals surface area (Å²) in [5, 5.41) is 5.94. The molecule has 2 heterocycles. The summed E-state index contributed by atoms with van der Waals surface area (Å²) in [7, 11) is 0. The molecule has 2 aliphatic heterocycles. The highest BCUT2D eigenvalue weighted by Crippen LogP contribution is 2.39. The van der Waals surface area contributed by atoms with Gasteiger partial charge < -0.3 is 20.3 Å². The van der Waals surface area contributed by atoms with E-state index in [9.17, 15) is 9.59 Å². The van der Waals surface area contributed by atoms with Gasteiger partial charge in [0.2, 0.25) is 5.91 Å². The predicted molar refractivity (Wildman–Crippen MR) is 108 cm³/mol. The van der Waals surface area contributed by atoms with Gasteiger partial charge >= 0.3 is 6.03 Å². The van der Waals surface area contributed by atoms with E-state index in [0.29, 0.717) is 13.0 Å². The van der Waals surface area contributed by atoms with E-state index < -0.39 is 0 Å². The van der Waals surface area contributed by atoms with Crippen LogP contribution in [0.15, 0.2) is 24.3 Å². The molecule has 3 amide bonds. The molecule has 1 atom stereocenters. The Labute approximate surface area is 167 Å². The predicted octanol–water partition coefficient (Wildman–Crippen LogP) is 3.46. The molecule has 1 aromatic rings. The number of carbonyl (C=O) groups excluding carboxylic acids is 2. The zero-order valence-corrected chi connectivity index (χ0v) is 16.5. The van der Waals surface area contributed by atoms with Crippen molar-refractivity contribution in [2.24, 2.45) is 0 Å². The highest BCUT2D eigenvalue weighted by atomic mass is 16.5. The van der Waals surface area contributed by atoms with Gasteiger partial charge in [0, 0.05) is 18.8 Å². The first-order valence-electron chi connectivity index (χ1n) is 10.7. The number of nitrogens with one attached hydrogen (secondary N) is 2. The first kappa shape index (κ1) is 19.2. The number of carbonyl (C=O) groups is 2. The summed E-state index contributed by atoms with van der Waals surface area (Å²) >= 11 is 0. The summed E-state index contributed by atoms with van der Waals surface area (Å²) in [5.74, 6) is 0.189. The molecule has 6 nitrogen and oxygen atoms in total. The SMILES string of the molecule is O=C(Nc1ccc(CC(=O)N2CCCC2)cc1)NC1COC2(CCCCC2)C1. The Balaban J connectivity index is 1.24. The average Bonchev–Trinajstić information content (AvgIpc) is 3.35. The monoisotopic (exact) mass is 385 g/mol. The minimum atomic E-state index is -0.192. The van der Waals surface area contributed by atoms with Crippen molar-refractivity contribution >= 4 is 17.6 Å². The third-order valence-corrected chi connectivity index (χ3v) is 6.34. The summed E-state index contributed by atoms with van der Waals surface area (Å²) in [5.41, 5.74) is 1.71. The molecule has 2 N–H and O–H groups in total. The quantitative estimate of drug-likeness (QED) is 0.834. The highest BCUT2D eigenvalue weighted by Gasteiger charge is 2.41. The summed E-state index contributed by atoms with van der Waals surface area (Å²) in [6.07, 6.45) is 9.54. The van der Waals surface area contributed by atoms with Crippen LogP contribution in [0.25, 0.3) is 0 Å². The number of hydrogen-bond donors (Lipinski definition) is 2. The number of nitrogens with zero attached hydrogens (tertiary/aromatic N) is 1. The van der Waals surface area contributed by atoms with Crippen LogP contribution in [0.5, 0.6) is 0 Å². The zero-order chi connectivity index (χ0) is 19.4. The minimum Gasteiger partial charge on any atom is -0.373 e. The van der Waals surface area contributed by atoms with Crippen LogP contribution in [0, 0.1) is 0 Å². The normalized spacial score (nSPS) is 23.7. The minimum absolute atomic E-state index is 0.000274. The smallest absolute Gasteiger partial charge is 0.319 e. The summed E-state index contributed by atoms with van der Waals surface area (Å²) in [4.78, 5) is 26.5. The Morgan fingerprint density at radius 1 is 1.04 bits per heavy atom. The van der Waals surface area contributed by atoms with Crippen molar-refractivity contribution < 1.29 is 14.3 Å². The van der Waals surface area contributed by atoms with Crippen molar-refractivity contribution in [3.8, 4) is 0 Å². The average molecular weight is 386 g/mol. The number of anilines is 1. The Bertz CT molecular complexity index is 691. The number of urea groups is 1. The Morgan fingerprint density at radius 2 is 1.75 bits per heavy atom. The third kappa shape index (κ3) is 4.66. The molecule has 28 heavy (non-hydrogen) atoms. The van der Waals surface area contributed by atoms with Gasteiger partial charge in [-0.25, -0.2) is 4.79 Å². The van der Waals surface area contributed by atoms with Crippen LogP contribution in [-0.4, -0.2) is 48.2 Å². The molecule has 1 aliphatic carbocycles. The Kier molecular flexibility index (Phi) is 5.85. The van der Waals surface area contributed by atoms with E-state index in [1.165, 1.54) is 19.3 Å². The summed E-state index contributed by atoms with van der Waals surface area (Å²) < 4.78 is 6.06. The van der Waals surface area contributed by atoms with E-state index in [4.69, 9.17) is 4.74 Å². The molecule has 0 radical (unpaired) electrons. The number of amides is 3. The zero-order valence-electron chi connectivity index (χ0n) is 16.5. The van der Waals surface area contributed by atoms with Crippen LogP contribution in [0.3, 0.4) is 0 Å². The highest BCUT2D eigenvalue weighted by molar-refractivity contribution is 5.89. The molecular weight excluding hydrogens is 354 g/mol. The molecule has 1 unspecified atom stereocenters. The largest absolute Gasteiger partial charge is 0.373 e. The van der Waals surface area contributed by atoms with Gasteiger partial charge in [-0.2, -0.15) is 0 Å². The maximum absolute atomic E-state index is 12.3. The molecule has 3 aliphatic rings. The van der Waals surface area contributed by atoms with Crippen molar-refractivity contribution in [3.05, 3.63) is 29.8 Å². The fourth-order valence-corrected chi connectivity index (χ4v) is 4.79. The number of likely N-dealkylation sites (tertiary alicyclic amines) is 1. The first-order valence-corrected chi connectivity index (χ1v) is 10.7. The lowest BCUT2D eigenvalue weighted by molar-refractivity contribution is -0.129.